The van der Waals surface area contributed by atoms with Crippen molar-refractivity contribution >= 4 is 22.6 Å². The summed E-state index contributed by atoms with van der Waals surface area (Å²) in [7, 11) is 3.17. The quantitative estimate of drug-likeness (QED) is 0.770. The van der Waals surface area contributed by atoms with Crippen LogP contribution in [0, 0.1) is 3.57 Å². The Morgan fingerprint density at radius 1 is 1.26 bits per heavy atom. The van der Waals surface area contributed by atoms with Gasteiger partial charge in [0.05, 0.1) is 30.7 Å². The number of methoxy groups -OCH3 is 2. The minimum Gasteiger partial charge on any atom is -0.493 e. The van der Waals surface area contributed by atoms with E-state index in [0.717, 1.165) is 5.56 Å². The van der Waals surface area contributed by atoms with Crippen LogP contribution in [0.1, 0.15) is 5.56 Å². The van der Waals surface area contributed by atoms with Crippen molar-refractivity contribution in [1.29, 1.82) is 0 Å². The molecule has 0 aliphatic carbocycles. The summed E-state index contributed by atoms with van der Waals surface area (Å²) in [4.78, 5) is 15.9. The first-order chi connectivity index (χ1) is 9.15. The van der Waals surface area contributed by atoms with Crippen LogP contribution >= 0.6 is 22.6 Å². The Bertz CT molecular complexity index is 640. The van der Waals surface area contributed by atoms with E-state index < -0.39 is 0 Å². The summed E-state index contributed by atoms with van der Waals surface area (Å²) in [5, 5.41) is 0. The van der Waals surface area contributed by atoms with Crippen molar-refractivity contribution in [3.05, 3.63) is 50.2 Å². The fourth-order valence-corrected chi connectivity index (χ4v) is 2.18. The third-order valence-corrected chi connectivity index (χ3v) is 3.40. The van der Waals surface area contributed by atoms with Crippen molar-refractivity contribution in [2.24, 2.45) is 0 Å². The second kappa shape index (κ2) is 6.05. The highest BCUT2D eigenvalue weighted by Gasteiger charge is 2.06. The van der Waals surface area contributed by atoms with Crippen LogP contribution in [0.25, 0.3) is 0 Å². The second-order valence-corrected chi connectivity index (χ2v) is 5.03. The van der Waals surface area contributed by atoms with Crippen molar-refractivity contribution < 1.29 is 9.47 Å². The predicted octanol–water partition coefficient (Wildman–Crippen LogP) is 1.91. The smallest absolute Gasteiger partial charge is 0.267 e. The molecule has 2 rings (SSSR count). The Kier molecular flexibility index (Phi) is 4.41. The third-order valence-electron chi connectivity index (χ3n) is 2.66. The van der Waals surface area contributed by atoms with E-state index in [9.17, 15) is 4.79 Å². The molecule has 0 unspecified atom stereocenters. The molecule has 5 nitrogen and oxygen atoms in total. The number of aromatic nitrogens is 2. The average Bonchev–Trinajstić information content (AvgIpc) is 2.43. The van der Waals surface area contributed by atoms with Gasteiger partial charge in [-0.25, -0.2) is 4.98 Å². The molecule has 0 radical (unpaired) electrons. The van der Waals surface area contributed by atoms with Crippen LogP contribution < -0.4 is 15.0 Å². The largest absolute Gasteiger partial charge is 0.493 e. The first kappa shape index (κ1) is 13.9. The first-order valence-corrected chi connectivity index (χ1v) is 6.64. The SMILES string of the molecule is COc1ccc(Cn2cncc(I)c2=O)cc1OC. The molecule has 0 N–H and O–H groups in total. The number of rotatable bonds is 4. The topological polar surface area (TPSA) is 53.4 Å². The predicted molar refractivity (Wildman–Crippen MR) is 79.9 cm³/mol. The number of hydrogen-bond acceptors (Lipinski definition) is 4. The molecule has 0 bridgehead atoms. The van der Waals surface area contributed by atoms with E-state index >= 15 is 0 Å². The molecule has 1 aromatic heterocycles. The Labute approximate surface area is 124 Å². The summed E-state index contributed by atoms with van der Waals surface area (Å²) < 4.78 is 12.6. The molecule has 1 heterocycles. The van der Waals surface area contributed by atoms with Gasteiger partial charge in [0.2, 0.25) is 0 Å². The lowest BCUT2D eigenvalue weighted by Crippen LogP contribution is -2.22. The van der Waals surface area contributed by atoms with Gasteiger partial charge < -0.3 is 9.47 Å². The minimum absolute atomic E-state index is 0.0506. The van der Waals surface area contributed by atoms with Crippen molar-refractivity contribution in [2.75, 3.05) is 14.2 Å². The van der Waals surface area contributed by atoms with Crippen LogP contribution in [0.4, 0.5) is 0 Å². The van der Waals surface area contributed by atoms with E-state index in [1.54, 1.807) is 25.0 Å². The van der Waals surface area contributed by atoms with Crippen LogP contribution in [0.2, 0.25) is 0 Å². The molecule has 0 aliphatic rings. The number of ether oxygens (including phenoxy) is 2. The monoisotopic (exact) mass is 372 g/mol. The maximum atomic E-state index is 11.9. The van der Waals surface area contributed by atoms with Gasteiger partial charge in [-0.3, -0.25) is 9.36 Å². The molecule has 0 fully saturated rings. The van der Waals surface area contributed by atoms with Gasteiger partial charge in [0.25, 0.3) is 5.56 Å². The van der Waals surface area contributed by atoms with E-state index in [2.05, 4.69) is 4.98 Å². The zero-order valence-corrected chi connectivity index (χ0v) is 12.7. The lowest BCUT2D eigenvalue weighted by Gasteiger charge is -2.10. The number of halogens is 1. The van der Waals surface area contributed by atoms with E-state index in [1.807, 2.05) is 40.8 Å². The average molecular weight is 372 g/mol. The van der Waals surface area contributed by atoms with Gasteiger partial charge in [0, 0.05) is 6.20 Å². The summed E-state index contributed by atoms with van der Waals surface area (Å²) in [6.45, 7) is 0.447. The number of benzene rings is 1. The minimum atomic E-state index is -0.0506. The molecule has 0 amide bonds. The zero-order valence-electron chi connectivity index (χ0n) is 10.6. The molecule has 100 valence electrons. The maximum absolute atomic E-state index is 11.9. The van der Waals surface area contributed by atoms with E-state index in [4.69, 9.17) is 9.47 Å². The number of nitrogens with zero attached hydrogens (tertiary/aromatic N) is 2. The Hall–Kier alpha value is -1.57. The molecule has 2 aromatic rings. The number of hydrogen-bond donors (Lipinski definition) is 0. The molecule has 19 heavy (non-hydrogen) atoms. The summed E-state index contributed by atoms with van der Waals surface area (Å²) in [6.07, 6.45) is 3.08. The van der Waals surface area contributed by atoms with Crippen LogP contribution in [-0.4, -0.2) is 23.8 Å². The summed E-state index contributed by atoms with van der Waals surface area (Å²) in [5.41, 5.74) is 0.897. The molecule has 0 spiro atoms. The van der Waals surface area contributed by atoms with Gasteiger partial charge in [0.15, 0.2) is 11.5 Å². The van der Waals surface area contributed by atoms with Crippen molar-refractivity contribution in [3.8, 4) is 11.5 Å². The molecular weight excluding hydrogens is 359 g/mol. The van der Waals surface area contributed by atoms with Gasteiger partial charge in [-0.05, 0) is 40.3 Å². The van der Waals surface area contributed by atoms with Crippen LogP contribution in [0.5, 0.6) is 11.5 Å². The van der Waals surface area contributed by atoms with Gasteiger partial charge >= 0.3 is 0 Å². The van der Waals surface area contributed by atoms with Gasteiger partial charge in [0.1, 0.15) is 0 Å². The Balaban J connectivity index is 2.33. The Morgan fingerprint density at radius 3 is 2.68 bits per heavy atom. The van der Waals surface area contributed by atoms with E-state index in [-0.39, 0.29) is 5.56 Å². The fraction of sp³-hybridized carbons (Fsp3) is 0.231. The van der Waals surface area contributed by atoms with Crippen molar-refractivity contribution in [2.45, 2.75) is 6.54 Å². The highest BCUT2D eigenvalue weighted by Crippen LogP contribution is 2.27. The van der Waals surface area contributed by atoms with Crippen molar-refractivity contribution in [3.63, 3.8) is 0 Å². The summed E-state index contributed by atoms with van der Waals surface area (Å²) >= 11 is 1.98. The van der Waals surface area contributed by atoms with Gasteiger partial charge in [-0.2, -0.15) is 0 Å². The second-order valence-electron chi connectivity index (χ2n) is 3.86. The fourth-order valence-electron chi connectivity index (χ4n) is 1.71. The van der Waals surface area contributed by atoms with Crippen LogP contribution in [0.3, 0.4) is 0 Å². The van der Waals surface area contributed by atoms with Gasteiger partial charge in [-0.1, -0.05) is 6.07 Å². The lowest BCUT2D eigenvalue weighted by atomic mass is 10.2. The van der Waals surface area contributed by atoms with E-state index in [1.165, 1.54) is 6.33 Å². The lowest BCUT2D eigenvalue weighted by molar-refractivity contribution is 0.354. The highest BCUT2D eigenvalue weighted by molar-refractivity contribution is 14.1. The molecule has 0 saturated heterocycles. The standard InChI is InChI=1S/C13H13IN2O3/c1-18-11-4-3-9(5-12(11)19-2)7-16-8-15-6-10(14)13(16)17/h3-6,8H,7H2,1-2H3. The zero-order chi connectivity index (χ0) is 13.8. The van der Waals surface area contributed by atoms with Crippen LogP contribution in [-0.2, 0) is 6.54 Å². The summed E-state index contributed by atoms with van der Waals surface area (Å²) in [5.74, 6) is 1.31. The van der Waals surface area contributed by atoms with Gasteiger partial charge in [-0.15, -0.1) is 0 Å². The third kappa shape index (κ3) is 3.06. The van der Waals surface area contributed by atoms with Crippen LogP contribution in [0.15, 0.2) is 35.5 Å². The maximum Gasteiger partial charge on any atom is 0.267 e. The first-order valence-electron chi connectivity index (χ1n) is 5.56. The molecule has 6 heteroatoms. The molecule has 1 aromatic carbocycles. The highest BCUT2D eigenvalue weighted by atomic mass is 127. The molecule has 0 saturated carbocycles. The normalized spacial score (nSPS) is 10.3. The molecule has 0 atom stereocenters. The molecule has 0 aliphatic heterocycles. The molecular formula is C13H13IN2O3. The Morgan fingerprint density at radius 2 is 2.00 bits per heavy atom. The van der Waals surface area contributed by atoms with E-state index in [0.29, 0.717) is 21.6 Å². The summed E-state index contributed by atoms with van der Waals surface area (Å²) in [6, 6.07) is 5.57. The van der Waals surface area contributed by atoms with Crippen molar-refractivity contribution in [1.82, 2.24) is 9.55 Å².